The molecule has 3 nitrogen and oxygen atoms in total. The third kappa shape index (κ3) is 5.91. The van der Waals surface area contributed by atoms with Crippen LogP contribution < -0.4 is 5.32 Å². The van der Waals surface area contributed by atoms with Crippen molar-refractivity contribution >= 4 is 29.9 Å². The Hall–Kier alpha value is -0.780. The molecule has 17 heavy (non-hydrogen) atoms. The second-order valence-electron chi connectivity index (χ2n) is 3.67. The molecule has 0 unspecified atom stereocenters. The fourth-order valence-electron chi connectivity index (χ4n) is 1.55. The molecule has 0 spiro atoms. The lowest BCUT2D eigenvalue weighted by Crippen LogP contribution is -2.38. The van der Waals surface area contributed by atoms with Crippen LogP contribution in [0.5, 0.6) is 0 Å². The highest BCUT2D eigenvalue weighted by atomic mass is 127. The first kappa shape index (κ1) is 16.2. The molecule has 1 aromatic rings. The first-order chi connectivity index (χ1) is 7.77. The van der Waals surface area contributed by atoms with Gasteiger partial charge < -0.3 is 10.2 Å². The first-order valence-corrected chi connectivity index (χ1v) is 5.81. The normalized spacial score (nSPS) is 10.6. The molecule has 4 heteroatoms. The van der Waals surface area contributed by atoms with Gasteiger partial charge in [0.25, 0.3) is 0 Å². The van der Waals surface area contributed by atoms with E-state index in [2.05, 4.69) is 53.4 Å². The molecule has 0 atom stereocenters. The Morgan fingerprint density at radius 2 is 1.88 bits per heavy atom. The van der Waals surface area contributed by atoms with Crippen LogP contribution in [0.2, 0.25) is 0 Å². The van der Waals surface area contributed by atoms with Gasteiger partial charge in [-0.3, -0.25) is 4.99 Å². The molecule has 1 N–H and O–H groups in total. The minimum absolute atomic E-state index is 0. The SMILES string of the molecule is CCN=C(NCC)N(C)Cc1ccccc1.I. The van der Waals surface area contributed by atoms with Crippen LogP contribution in [-0.4, -0.2) is 31.0 Å². The van der Waals surface area contributed by atoms with Gasteiger partial charge in [-0.2, -0.15) is 0 Å². The summed E-state index contributed by atoms with van der Waals surface area (Å²) < 4.78 is 0. The maximum absolute atomic E-state index is 4.44. The van der Waals surface area contributed by atoms with Gasteiger partial charge in [0.05, 0.1) is 0 Å². The van der Waals surface area contributed by atoms with Crippen molar-refractivity contribution in [3.05, 3.63) is 35.9 Å². The molecule has 1 rings (SSSR count). The number of nitrogens with zero attached hydrogens (tertiary/aromatic N) is 2. The summed E-state index contributed by atoms with van der Waals surface area (Å²) in [4.78, 5) is 6.58. The summed E-state index contributed by atoms with van der Waals surface area (Å²) in [7, 11) is 2.06. The fraction of sp³-hybridized carbons (Fsp3) is 0.462. The summed E-state index contributed by atoms with van der Waals surface area (Å²) in [5.41, 5.74) is 1.30. The van der Waals surface area contributed by atoms with Crippen LogP contribution in [0.15, 0.2) is 35.3 Å². The average molecular weight is 347 g/mol. The van der Waals surface area contributed by atoms with Crippen LogP contribution in [0.25, 0.3) is 0 Å². The topological polar surface area (TPSA) is 27.6 Å². The lowest BCUT2D eigenvalue weighted by molar-refractivity contribution is 0.477. The average Bonchev–Trinajstić information content (AvgIpc) is 2.30. The maximum atomic E-state index is 4.44. The Morgan fingerprint density at radius 1 is 1.24 bits per heavy atom. The van der Waals surface area contributed by atoms with Gasteiger partial charge in [-0.25, -0.2) is 0 Å². The second-order valence-corrected chi connectivity index (χ2v) is 3.67. The predicted molar refractivity (Wildman–Crippen MR) is 85.0 cm³/mol. The van der Waals surface area contributed by atoms with E-state index in [0.29, 0.717) is 0 Å². The standard InChI is InChI=1S/C13H21N3.HI/c1-4-14-13(15-5-2)16(3)11-12-9-7-6-8-10-12;/h6-10H,4-5,11H2,1-3H3,(H,14,15);1H. The molecule has 0 heterocycles. The van der Waals surface area contributed by atoms with Gasteiger partial charge in [-0.05, 0) is 19.4 Å². The van der Waals surface area contributed by atoms with Crippen molar-refractivity contribution in [3.8, 4) is 0 Å². The van der Waals surface area contributed by atoms with Gasteiger partial charge in [0.2, 0.25) is 0 Å². The highest BCUT2D eigenvalue weighted by Gasteiger charge is 2.04. The van der Waals surface area contributed by atoms with E-state index in [1.807, 2.05) is 13.0 Å². The highest BCUT2D eigenvalue weighted by molar-refractivity contribution is 14.0. The molecular formula is C13H22IN3. The van der Waals surface area contributed by atoms with Crippen LogP contribution in [-0.2, 0) is 6.54 Å². The number of nitrogens with one attached hydrogen (secondary N) is 1. The molecule has 0 radical (unpaired) electrons. The molecule has 96 valence electrons. The summed E-state index contributed by atoms with van der Waals surface area (Å²) in [5.74, 6) is 0.967. The maximum Gasteiger partial charge on any atom is 0.193 e. The fourth-order valence-corrected chi connectivity index (χ4v) is 1.55. The minimum atomic E-state index is 0. The number of rotatable bonds is 4. The van der Waals surface area contributed by atoms with Crippen LogP contribution in [0.4, 0.5) is 0 Å². The van der Waals surface area contributed by atoms with Crippen molar-refractivity contribution in [1.29, 1.82) is 0 Å². The van der Waals surface area contributed by atoms with Crippen molar-refractivity contribution < 1.29 is 0 Å². The van der Waals surface area contributed by atoms with Crippen molar-refractivity contribution in [2.24, 2.45) is 4.99 Å². The van der Waals surface area contributed by atoms with E-state index < -0.39 is 0 Å². The van der Waals surface area contributed by atoms with Gasteiger partial charge in [0.15, 0.2) is 5.96 Å². The summed E-state index contributed by atoms with van der Waals surface area (Å²) in [6, 6.07) is 10.4. The van der Waals surface area contributed by atoms with Crippen molar-refractivity contribution in [2.45, 2.75) is 20.4 Å². The Morgan fingerprint density at radius 3 is 2.41 bits per heavy atom. The Labute approximate surface area is 121 Å². The molecule has 0 amide bonds. The molecule has 0 bridgehead atoms. The van der Waals surface area contributed by atoms with E-state index in [1.165, 1.54) is 5.56 Å². The van der Waals surface area contributed by atoms with Gasteiger partial charge in [-0.15, -0.1) is 24.0 Å². The molecule has 0 aliphatic rings. The Bertz CT molecular complexity index is 325. The van der Waals surface area contributed by atoms with E-state index in [1.54, 1.807) is 0 Å². The van der Waals surface area contributed by atoms with Crippen molar-refractivity contribution in [2.75, 3.05) is 20.1 Å². The van der Waals surface area contributed by atoms with E-state index in [0.717, 1.165) is 25.6 Å². The monoisotopic (exact) mass is 347 g/mol. The van der Waals surface area contributed by atoms with Gasteiger partial charge in [-0.1, -0.05) is 30.3 Å². The number of hydrogen-bond donors (Lipinski definition) is 1. The number of hydrogen-bond acceptors (Lipinski definition) is 1. The predicted octanol–water partition coefficient (Wildman–Crippen LogP) is 2.72. The van der Waals surface area contributed by atoms with Crippen molar-refractivity contribution in [3.63, 3.8) is 0 Å². The second kappa shape index (κ2) is 9.27. The number of guanidine groups is 1. The molecular weight excluding hydrogens is 325 g/mol. The van der Waals surface area contributed by atoms with Crippen molar-refractivity contribution in [1.82, 2.24) is 10.2 Å². The molecule has 0 saturated carbocycles. The quantitative estimate of drug-likeness (QED) is 0.515. The van der Waals surface area contributed by atoms with Crippen LogP contribution in [0.1, 0.15) is 19.4 Å². The summed E-state index contributed by atoms with van der Waals surface area (Å²) >= 11 is 0. The molecule has 1 aromatic carbocycles. The minimum Gasteiger partial charge on any atom is -0.357 e. The summed E-state index contributed by atoms with van der Waals surface area (Å²) in [5, 5.41) is 3.28. The zero-order valence-corrected chi connectivity index (χ0v) is 13.1. The molecule has 0 aliphatic carbocycles. The van der Waals surface area contributed by atoms with Crippen LogP contribution in [0.3, 0.4) is 0 Å². The lowest BCUT2D eigenvalue weighted by atomic mass is 10.2. The molecule has 0 aliphatic heterocycles. The molecule has 0 fully saturated rings. The number of halogens is 1. The third-order valence-corrected chi connectivity index (χ3v) is 2.27. The highest BCUT2D eigenvalue weighted by Crippen LogP contribution is 2.02. The lowest BCUT2D eigenvalue weighted by Gasteiger charge is -2.21. The van der Waals surface area contributed by atoms with Gasteiger partial charge in [0, 0.05) is 26.7 Å². The molecule has 0 saturated heterocycles. The smallest absolute Gasteiger partial charge is 0.193 e. The Balaban J connectivity index is 0.00000256. The van der Waals surface area contributed by atoms with E-state index in [9.17, 15) is 0 Å². The zero-order valence-electron chi connectivity index (χ0n) is 10.8. The largest absolute Gasteiger partial charge is 0.357 e. The van der Waals surface area contributed by atoms with E-state index in [4.69, 9.17) is 0 Å². The third-order valence-electron chi connectivity index (χ3n) is 2.27. The van der Waals surface area contributed by atoms with E-state index >= 15 is 0 Å². The number of aliphatic imine (C=N–C) groups is 1. The Kier molecular flexibility index (Phi) is 8.85. The van der Waals surface area contributed by atoms with Crippen LogP contribution >= 0.6 is 24.0 Å². The zero-order chi connectivity index (χ0) is 11.8. The molecule has 0 aromatic heterocycles. The summed E-state index contributed by atoms with van der Waals surface area (Å²) in [6.45, 7) is 6.72. The van der Waals surface area contributed by atoms with Crippen LogP contribution in [0, 0.1) is 0 Å². The van der Waals surface area contributed by atoms with E-state index in [-0.39, 0.29) is 24.0 Å². The van der Waals surface area contributed by atoms with Gasteiger partial charge in [0.1, 0.15) is 0 Å². The summed E-state index contributed by atoms with van der Waals surface area (Å²) in [6.07, 6.45) is 0. The first-order valence-electron chi connectivity index (χ1n) is 5.81. The number of benzene rings is 1. The van der Waals surface area contributed by atoms with Gasteiger partial charge >= 0.3 is 0 Å².